The minimum atomic E-state index is -1.02. The Labute approximate surface area is 165 Å². The van der Waals surface area contributed by atoms with Crippen molar-refractivity contribution in [1.29, 1.82) is 0 Å². The number of benzene rings is 1. The quantitative estimate of drug-likeness (QED) is 0.546. The first-order valence-electron chi connectivity index (χ1n) is 11.1. The highest BCUT2D eigenvalue weighted by molar-refractivity contribution is 6.67. The van der Waals surface area contributed by atoms with Crippen LogP contribution in [0.25, 0.3) is 0 Å². The van der Waals surface area contributed by atoms with Crippen molar-refractivity contribution in [3.8, 4) is 0 Å². The number of anilines is 1. The number of allylic oxidation sites excluding steroid dienone is 1. The Bertz CT molecular complexity index is 688. The molecule has 0 atom stereocenters. The fraction of sp³-hybridized carbons (Fsp3) is 0.609. The van der Waals surface area contributed by atoms with Gasteiger partial charge in [-0.25, -0.2) is 0 Å². The number of hydrogen-bond donors (Lipinski definition) is 1. The van der Waals surface area contributed by atoms with E-state index in [1.807, 2.05) is 0 Å². The average Bonchev–Trinajstić information content (AvgIpc) is 2.66. The summed E-state index contributed by atoms with van der Waals surface area (Å²) >= 11 is 0. The summed E-state index contributed by atoms with van der Waals surface area (Å²) in [6.45, 7) is 9.35. The van der Waals surface area contributed by atoms with E-state index < -0.39 is 6.48 Å². The van der Waals surface area contributed by atoms with Crippen LogP contribution in [-0.2, 0) is 4.65 Å². The second-order valence-electron chi connectivity index (χ2n) is 8.79. The van der Waals surface area contributed by atoms with Gasteiger partial charge in [-0.05, 0) is 31.4 Å². The van der Waals surface area contributed by atoms with E-state index in [-0.39, 0.29) is 0 Å². The van der Waals surface area contributed by atoms with E-state index in [0.717, 1.165) is 50.0 Å². The zero-order chi connectivity index (χ0) is 19.3. The Balaban J connectivity index is 2.08. The van der Waals surface area contributed by atoms with Crippen molar-refractivity contribution < 1.29 is 9.14 Å². The SMILES string of the molecule is CCC[B-]1(CCC)OC(Nc2ccccc2)=C2CCCCC2=[N+]1CC(C)C. The maximum Gasteiger partial charge on any atom is 0.451 e. The maximum absolute atomic E-state index is 6.98. The number of fused-ring (bicyclic) bond motifs is 1. The first-order valence-corrected chi connectivity index (χ1v) is 11.1. The highest BCUT2D eigenvalue weighted by Crippen LogP contribution is 2.37. The summed E-state index contributed by atoms with van der Waals surface area (Å²) in [6.07, 6.45) is 9.49. The summed E-state index contributed by atoms with van der Waals surface area (Å²) in [4.78, 5) is 0. The Hall–Kier alpha value is -1.71. The molecule has 3 rings (SSSR count). The Morgan fingerprint density at radius 1 is 1.04 bits per heavy atom. The predicted molar refractivity (Wildman–Crippen MR) is 118 cm³/mol. The van der Waals surface area contributed by atoms with E-state index in [9.17, 15) is 0 Å². The normalized spacial score (nSPS) is 19.1. The second kappa shape index (κ2) is 8.99. The summed E-state index contributed by atoms with van der Waals surface area (Å²) in [6, 6.07) is 10.5. The highest BCUT2D eigenvalue weighted by atomic mass is 16.5. The molecule has 0 unspecified atom stereocenters. The third-order valence-corrected chi connectivity index (χ3v) is 6.04. The minimum absolute atomic E-state index is 0.642. The first kappa shape index (κ1) is 20.0. The number of nitrogens with zero attached hydrogens (tertiary/aromatic N) is 1. The summed E-state index contributed by atoms with van der Waals surface area (Å²) in [5.41, 5.74) is 4.12. The van der Waals surface area contributed by atoms with Gasteiger partial charge in [0.15, 0.2) is 5.88 Å². The molecule has 2 aliphatic rings. The number of para-hydroxylation sites is 1. The lowest BCUT2D eigenvalue weighted by Crippen LogP contribution is -2.57. The molecule has 0 saturated heterocycles. The van der Waals surface area contributed by atoms with Gasteiger partial charge in [0.2, 0.25) is 0 Å². The molecule has 3 nitrogen and oxygen atoms in total. The Kier molecular flexibility index (Phi) is 6.67. The second-order valence-corrected chi connectivity index (χ2v) is 8.79. The van der Waals surface area contributed by atoms with Gasteiger partial charge in [-0.3, -0.25) is 0 Å². The molecule has 1 aliphatic heterocycles. The van der Waals surface area contributed by atoms with Crippen molar-refractivity contribution in [3.05, 3.63) is 41.8 Å². The largest absolute Gasteiger partial charge is 0.646 e. The summed E-state index contributed by atoms with van der Waals surface area (Å²) in [5, 5.41) is 3.65. The third-order valence-electron chi connectivity index (χ3n) is 6.04. The van der Waals surface area contributed by atoms with Gasteiger partial charge in [0.1, 0.15) is 5.71 Å². The van der Waals surface area contributed by atoms with Crippen LogP contribution in [0.2, 0.25) is 12.6 Å². The highest BCUT2D eigenvalue weighted by Gasteiger charge is 2.47. The lowest BCUT2D eigenvalue weighted by molar-refractivity contribution is -0.430. The molecule has 27 heavy (non-hydrogen) atoms. The molecule has 1 fully saturated rings. The lowest BCUT2D eigenvalue weighted by atomic mass is 9.43. The number of hydrogen-bond acceptors (Lipinski definition) is 2. The van der Waals surface area contributed by atoms with Crippen LogP contribution in [0.5, 0.6) is 0 Å². The Morgan fingerprint density at radius 2 is 1.70 bits per heavy atom. The van der Waals surface area contributed by atoms with Crippen molar-refractivity contribution in [2.45, 2.75) is 78.9 Å². The number of rotatable bonds is 8. The van der Waals surface area contributed by atoms with E-state index in [4.69, 9.17) is 4.65 Å². The molecule has 1 aromatic carbocycles. The molecule has 1 aliphatic carbocycles. The van der Waals surface area contributed by atoms with E-state index in [1.54, 1.807) is 5.71 Å². The fourth-order valence-corrected chi connectivity index (χ4v) is 5.02. The molecule has 0 radical (unpaired) electrons. The third kappa shape index (κ3) is 4.42. The maximum atomic E-state index is 6.98. The van der Waals surface area contributed by atoms with Gasteiger partial charge < -0.3 is 14.5 Å². The molecule has 1 N–H and O–H groups in total. The van der Waals surface area contributed by atoms with Crippen LogP contribution in [0, 0.1) is 5.92 Å². The topological polar surface area (TPSA) is 24.3 Å². The van der Waals surface area contributed by atoms with Crippen LogP contribution in [0.15, 0.2) is 41.8 Å². The zero-order valence-corrected chi connectivity index (χ0v) is 17.8. The molecule has 0 aromatic heterocycles. The molecule has 0 amide bonds. The predicted octanol–water partition coefficient (Wildman–Crippen LogP) is 6.29. The van der Waals surface area contributed by atoms with Crippen molar-refractivity contribution in [2.75, 3.05) is 11.9 Å². The molecular formula is C23H37BN2O. The fourth-order valence-electron chi connectivity index (χ4n) is 5.02. The molecule has 0 spiro atoms. The summed E-state index contributed by atoms with van der Waals surface area (Å²) in [5.74, 6) is 1.68. The monoisotopic (exact) mass is 368 g/mol. The minimum Gasteiger partial charge on any atom is -0.646 e. The van der Waals surface area contributed by atoms with Gasteiger partial charge in [-0.15, -0.1) is 0 Å². The standard InChI is InChI=1S/C23H37BN2O/c1-5-16-24(17-6-2)26(18-19(3)4)22-15-11-10-14-21(22)23(27-24)25-20-12-8-7-9-13-20/h7-9,12-13,19,25H,5-6,10-11,14-18H2,1-4H3. The van der Waals surface area contributed by atoms with E-state index in [1.165, 1.54) is 24.8 Å². The van der Waals surface area contributed by atoms with Crippen LogP contribution < -0.4 is 5.32 Å². The molecule has 0 bridgehead atoms. The summed E-state index contributed by atoms with van der Waals surface area (Å²) in [7, 11) is 0. The molecule has 148 valence electrons. The molecule has 1 saturated carbocycles. The zero-order valence-electron chi connectivity index (χ0n) is 17.8. The Morgan fingerprint density at radius 3 is 2.33 bits per heavy atom. The molecule has 1 heterocycles. The smallest absolute Gasteiger partial charge is 0.451 e. The molecule has 1 aromatic rings. The van der Waals surface area contributed by atoms with Gasteiger partial charge in [0.05, 0.1) is 12.1 Å². The van der Waals surface area contributed by atoms with Crippen molar-refractivity contribution in [2.24, 2.45) is 5.92 Å². The van der Waals surface area contributed by atoms with E-state index in [2.05, 4.69) is 67.8 Å². The van der Waals surface area contributed by atoms with Crippen molar-refractivity contribution >= 4 is 17.9 Å². The van der Waals surface area contributed by atoms with Gasteiger partial charge in [-0.1, -0.05) is 71.4 Å². The van der Waals surface area contributed by atoms with Crippen LogP contribution in [-0.4, -0.2) is 23.2 Å². The van der Waals surface area contributed by atoms with Crippen LogP contribution in [0.3, 0.4) is 0 Å². The molecule has 4 heteroatoms. The van der Waals surface area contributed by atoms with Crippen molar-refractivity contribution in [1.82, 2.24) is 0 Å². The van der Waals surface area contributed by atoms with Crippen LogP contribution >= 0.6 is 0 Å². The van der Waals surface area contributed by atoms with Crippen LogP contribution in [0.1, 0.15) is 66.2 Å². The summed E-state index contributed by atoms with van der Waals surface area (Å²) < 4.78 is 9.70. The van der Waals surface area contributed by atoms with Crippen molar-refractivity contribution in [3.63, 3.8) is 0 Å². The molecular weight excluding hydrogens is 331 g/mol. The van der Waals surface area contributed by atoms with E-state index >= 15 is 0 Å². The average molecular weight is 368 g/mol. The van der Waals surface area contributed by atoms with Gasteiger partial charge in [0.25, 0.3) is 0 Å². The van der Waals surface area contributed by atoms with Gasteiger partial charge in [-0.2, -0.15) is 0 Å². The van der Waals surface area contributed by atoms with Crippen LogP contribution in [0.4, 0.5) is 5.69 Å². The van der Waals surface area contributed by atoms with E-state index in [0.29, 0.717) is 5.92 Å². The van der Waals surface area contributed by atoms with Gasteiger partial charge >= 0.3 is 6.48 Å². The lowest BCUT2D eigenvalue weighted by Gasteiger charge is -2.46. The number of nitrogens with one attached hydrogen (secondary N) is 1. The first-order chi connectivity index (χ1) is 13.1. The van der Waals surface area contributed by atoms with Gasteiger partial charge in [0, 0.05) is 18.0 Å².